The normalized spacial score (nSPS) is 10.9. The van der Waals surface area contributed by atoms with E-state index >= 15 is 0 Å². The Balaban J connectivity index is 2.08. The van der Waals surface area contributed by atoms with Gasteiger partial charge in [-0.3, -0.25) is 4.79 Å². The number of hydrogen-bond donors (Lipinski definition) is 0. The van der Waals surface area contributed by atoms with Crippen molar-refractivity contribution < 1.29 is 4.79 Å². The lowest BCUT2D eigenvalue weighted by atomic mass is 10.1. The van der Waals surface area contributed by atoms with Crippen LogP contribution in [0, 0.1) is 0 Å². The molecule has 0 unspecified atom stereocenters. The average molecular weight is 304 g/mol. The van der Waals surface area contributed by atoms with Gasteiger partial charge in [-0.15, -0.1) is 0 Å². The van der Waals surface area contributed by atoms with E-state index < -0.39 is 0 Å². The summed E-state index contributed by atoms with van der Waals surface area (Å²) in [4.78, 5) is 11.2. The number of aldehydes is 1. The number of fused-ring (bicyclic) bond motifs is 1. The molecule has 1 aromatic heterocycles. The molecule has 0 aliphatic heterocycles. The molecular weight excluding hydrogens is 293 g/mol. The highest BCUT2D eigenvalue weighted by atomic mass is 35.5. The van der Waals surface area contributed by atoms with Crippen molar-refractivity contribution in [1.82, 2.24) is 4.57 Å². The summed E-state index contributed by atoms with van der Waals surface area (Å²) in [6.45, 7) is 0.684. The van der Waals surface area contributed by atoms with Gasteiger partial charge in [-0.05, 0) is 35.9 Å². The lowest BCUT2D eigenvalue weighted by molar-refractivity contribution is 0.112. The lowest BCUT2D eigenvalue weighted by Crippen LogP contribution is -1.99. The molecule has 20 heavy (non-hydrogen) atoms. The van der Waals surface area contributed by atoms with Gasteiger partial charge in [0, 0.05) is 33.7 Å². The molecule has 0 amide bonds. The summed E-state index contributed by atoms with van der Waals surface area (Å²) in [7, 11) is 0. The van der Waals surface area contributed by atoms with Crippen LogP contribution >= 0.6 is 23.2 Å². The third kappa shape index (κ3) is 2.45. The summed E-state index contributed by atoms with van der Waals surface area (Å²) in [5, 5.41) is 2.25. The number of nitrogens with zero attached hydrogens (tertiary/aromatic N) is 1. The van der Waals surface area contributed by atoms with Crippen molar-refractivity contribution in [2.75, 3.05) is 0 Å². The van der Waals surface area contributed by atoms with Crippen molar-refractivity contribution in [3.63, 3.8) is 0 Å². The Morgan fingerprint density at radius 2 is 1.75 bits per heavy atom. The van der Waals surface area contributed by atoms with Gasteiger partial charge >= 0.3 is 0 Å². The molecule has 0 atom stereocenters. The highest BCUT2D eigenvalue weighted by Gasteiger charge is 2.08. The predicted molar refractivity (Wildman–Crippen MR) is 82.9 cm³/mol. The Kier molecular flexibility index (Phi) is 3.51. The molecule has 0 aliphatic carbocycles. The summed E-state index contributed by atoms with van der Waals surface area (Å²) < 4.78 is 2.04. The monoisotopic (exact) mass is 303 g/mol. The van der Waals surface area contributed by atoms with Crippen LogP contribution in [0.5, 0.6) is 0 Å². The fraction of sp³-hybridized carbons (Fsp3) is 0.0625. The number of rotatable bonds is 3. The van der Waals surface area contributed by atoms with E-state index in [1.54, 1.807) is 6.07 Å². The maximum absolute atomic E-state index is 11.2. The van der Waals surface area contributed by atoms with Crippen LogP contribution in [0.15, 0.2) is 48.7 Å². The molecule has 100 valence electrons. The molecule has 0 saturated carbocycles. The van der Waals surface area contributed by atoms with Crippen molar-refractivity contribution in [3.8, 4) is 0 Å². The topological polar surface area (TPSA) is 22.0 Å². The lowest BCUT2D eigenvalue weighted by Gasteiger charge is -2.08. The fourth-order valence-electron chi connectivity index (χ4n) is 2.35. The zero-order chi connectivity index (χ0) is 14.1. The van der Waals surface area contributed by atoms with E-state index in [9.17, 15) is 4.79 Å². The van der Waals surface area contributed by atoms with E-state index in [1.165, 1.54) is 0 Å². The summed E-state index contributed by atoms with van der Waals surface area (Å²) in [6, 6.07) is 13.2. The Hall–Kier alpha value is -1.77. The van der Waals surface area contributed by atoms with Gasteiger partial charge in [0.1, 0.15) is 0 Å². The first-order valence-corrected chi connectivity index (χ1v) is 6.91. The molecule has 0 fully saturated rings. The highest BCUT2D eigenvalue weighted by molar-refractivity contribution is 6.32. The minimum absolute atomic E-state index is 0.573. The smallest absolute Gasteiger partial charge is 0.152 e. The van der Waals surface area contributed by atoms with Gasteiger partial charge in [0.25, 0.3) is 0 Å². The maximum atomic E-state index is 11.2. The fourth-order valence-corrected chi connectivity index (χ4v) is 2.71. The molecule has 0 spiro atoms. The largest absolute Gasteiger partial charge is 0.342 e. The van der Waals surface area contributed by atoms with Crippen LogP contribution in [-0.2, 0) is 6.54 Å². The van der Waals surface area contributed by atoms with Crippen molar-refractivity contribution in [1.29, 1.82) is 0 Å². The molecule has 0 radical (unpaired) electrons. The van der Waals surface area contributed by atoms with Crippen molar-refractivity contribution >= 4 is 40.4 Å². The highest BCUT2D eigenvalue weighted by Crippen LogP contribution is 2.25. The van der Waals surface area contributed by atoms with Crippen LogP contribution in [0.25, 0.3) is 10.9 Å². The van der Waals surface area contributed by atoms with Crippen LogP contribution in [0.2, 0.25) is 10.0 Å². The van der Waals surface area contributed by atoms with Gasteiger partial charge in [0.15, 0.2) is 6.29 Å². The van der Waals surface area contributed by atoms with E-state index in [2.05, 4.69) is 0 Å². The summed E-state index contributed by atoms with van der Waals surface area (Å²) in [6.07, 6.45) is 2.80. The molecule has 2 aromatic carbocycles. The number of carbonyl (C=O) groups excluding carboxylic acids is 1. The Morgan fingerprint density at radius 1 is 1.00 bits per heavy atom. The molecule has 0 N–H and O–H groups in total. The van der Waals surface area contributed by atoms with Gasteiger partial charge in [-0.2, -0.15) is 0 Å². The minimum atomic E-state index is 0.573. The molecule has 3 rings (SSSR count). The predicted octanol–water partition coefficient (Wildman–Crippen LogP) is 4.81. The number of carbonyl (C=O) groups is 1. The van der Waals surface area contributed by atoms with Gasteiger partial charge < -0.3 is 4.57 Å². The number of halogens is 2. The first kappa shape index (κ1) is 13.2. The van der Waals surface area contributed by atoms with Gasteiger partial charge in [0.05, 0.1) is 5.52 Å². The molecule has 0 bridgehead atoms. The van der Waals surface area contributed by atoms with E-state index in [1.807, 2.05) is 47.2 Å². The van der Waals surface area contributed by atoms with Gasteiger partial charge in [-0.1, -0.05) is 35.3 Å². The van der Waals surface area contributed by atoms with Crippen molar-refractivity contribution in [2.24, 2.45) is 0 Å². The molecule has 0 aliphatic rings. The van der Waals surface area contributed by atoms with E-state index in [-0.39, 0.29) is 0 Å². The summed E-state index contributed by atoms with van der Waals surface area (Å²) in [5.41, 5.74) is 2.63. The second-order valence-corrected chi connectivity index (χ2v) is 5.49. The van der Waals surface area contributed by atoms with Crippen LogP contribution in [0.3, 0.4) is 0 Å². The van der Waals surface area contributed by atoms with Crippen LogP contribution in [-0.4, -0.2) is 10.9 Å². The zero-order valence-corrected chi connectivity index (χ0v) is 12.0. The van der Waals surface area contributed by atoms with E-state index in [4.69, 9.17) is 23.2 Å². The first-order valence-electron chi connectivity index (χ1n) is 6.15. The van der Waals surface area contributed by atoms with Gasteiger partial charge in [0.2, 0.25) is 0 Å². The second kappa shape index (κ2) is 5.31. The van der Waals surface area contributed by atoms with Crippen LogP contribution in [0.1, 0.15) is 15.9 Å². The van der Waals surface area contributed by atoms with Crippen LogP contribution < -0.4 is 0 Å². The zero-order valence-electron chi connectivity index (χ0n) is 10.5. The Morgan fingerprint density at radius 3 is 2.45 bits per heavy atom. The van der Waals surface area contributed by atoms with Crippen molar-refractivity contribution in [2.45, 2.75) is 6.54 Å². The molecule has 0 saturated heterocycles. The first-order chi connectivity index (χ1) is 9.67. The molecule has 3 aromatic rings. The SMILES string of the molecule is O=Cc1cc(Cl)cc2ccn(Cc3ccc(Cl)cc3)c12. The number of benzene rings is 2. The summed E-state index contributed by atoms with van der Waals surface area (Å²) >= 11 is 11.9. The minimum Gasteiger partial charge on any atom is -0.342 e. The third-order valence-electron chi connectivity index (χ3n) is 3.25. The number of aromatic nitrogens is 1. The van der Waals surface area contributed by atoms with E-state index in [0.717, 1.165) is 22.8 Å². The summed E-state index contributed by atoms with van der Waals surface area (Å²) in [5.74, 6) is 0. The molecule has 2 nitrogen and oxygen atoms in total. The molecule has 4 heteroatoms. The van der Waals surface area contributed by atoms with Crippen molar-refractivity contribution in [3.05, 3.63) is 69.8 Å². The third-order valence-corrected chi connectivity index (χ3v) is 3.72. The Bertz CT molecular complexity index is 775. The Labute approximate surface area is 126 Å². The van der Waals surface area contributed by atoms with E-state index in [0.29, 0.717) is 22.2 Å². The van der Waals surface area contributed by atoms with Gasteiger partial charge in [-0.25, -0.2) is 0 Å². The maximum Gasteiger partial charge on any atom is 0.152 e. The standard InChI is InChI=1S/C16H11Cl2NO/c17-14-3-1-11(2-4-14)9-19-6-5-12-7-15(18)8-13(10-20)16(12)19/h1-8,10H,9H2. The van der Waals surface area contributed by atoms with Crippen LogP contribution in [0.4, 0.5) is 0 Å². The molecular formula is C16H11Cl2NO. The number of hydrogen-bond acceptors (Lipinski definition) is 1. The molecule has 1 heterocycles. The second-order valence-electron chi connectivity index (χ2n) is 4.62. The average Bonchev–Trinajstić information content (AvgIpc) is 2.83. The quantitative estimate of drug-likeness (QED) is 0.636.